The zero-order valence-corrected chi connectivity index (χ0v) is 19.6. The summed E-state index contributed by atoms with van der Waals surface area (Å²) in [5.74, 6) is 1.25. The number of hydrogen-bond donors (Lipinski definition) is 2. The van der Waals surface area contributed by atoms with Gasteiger partial charge in [0.15, 0.2) is 6.61 Å². The second-order valence-corrected chi connectivity index (χ2v) is 9.86. The second-order valence-electron chi connectivity index (χ2n) is 9.86. The summed E-state index contributed by atoms with van der Waals surface area (Å²) in [6.45, 7) is 2.43. The summed E-state index contributed by atoms with van der Waals surface area (Å²) in [5.41, 5.74) is 2.33. The molecule has 2 aliphatic carbocycles. The lowest BCUT2D eigenvalue weighted by Crippen LogP contribution is -2.35. The van der Waals surface area contributed by atoms with Gasteiger partial charge < -0.3 is 19.7 Å². The maximum absolute atomic E-state index is 12.5. The fourth-order valence-electron chi connectivity index (χ4n) is 6.01. The minimum atomic E-state index is -0.614. The van der Waals surface area contributed by atoms with E-state index in [4.69, 9.17) is 9.47 Å². The van der Waals surface area contributed by atoms with Gasteiger partial charge in [0.25, 0.3) is 5.91 Å². The molecule has 182 valence electrons. The Hall–Kier alpha value is -2.12. The van der Waals surface area contributed by atoms with Gasteiger partial charge in [0, 0.05) is 5.56 Å². The van der Waals surface area contributed by atoms with Gasteiger partial charge in [-0.05, 0) is 67.9 Å². The van der Waals surface area contributed by atoms with Gasteiger partial charge in [0.05, 0.1) is 18.8 Å². The van der Waals surface area contributed by atoms with E-state index in [2.05, 4.69) is 13.0 Å². The van der Waals surface area contributed by atoms with Gasteiger partial charge in [0.2, 0.25) is 0 Å². The first-order valence-electron chi connectivity index (χ1n) is 12.6. The van der Waals surface area contributed by atoms with Crippen molar-refractivity contribution in [1.82, 2.24) is 4.90 Å². The molecule has 5 atom stereocenters. The van der Waals surface area contributed by atoms with Gasteiger partial charge in [0.1, 0.15) is 12.4 Å². The number of aliphatic hydroxyl groups is 2. The number of benzene rings is 1. The van der Waals surface area contributed by atoms with Crippen LogP contribution in [-0.2, 0) is 16.0 Å². The van der Waals surface area contributed by atoms with E-state index in [0.717, 1.165) is 68.3 Å². The number of rotatable bonds is 10. The minimum Gasteiger partial charge on any atom is -0.483 e. The molecule has 1 aromatic carbocycles. The SMILES string of the molecule is CCCCCC(O)CCC1c2c(cccc2OCC(=O)N2CCOC2=O)CC2CC(O)CC21. The molecule has 0 bridgehead atoms. The molecule has 1 aromatic rings. The van der Waals surface area contributed by atoms with Crippen LogP contribution in [0.4, 0.5) is 4.79 Å². The highest BCUT2D eigenvalue weighted by atomic mass is 16.6. The lowest BCUT2D eigenvalue weighted by atomic mass is 9.68. The van der Waals surface area contributed by atoms with Gasteiger partial charge in [-0.3, -0.25) is 4.79 Å². The third-order valence-electron chi connectivity index (χ3n) is 7.62. The number of fused-ring (bicyclic) bond motifs is 2. The predicted molar refractivity (Wildman–Crippen MR) is 123 cm³/mol. The van der Waals surface area contributed by atoms with E-state index in [9.17, 15) is 19.8 Å². The van der Waals surface area contributed by atoms with Crippen molar-refractivity contribution in [2.45, 2.75) is 82.8 Å². The molecule has 0 spiro atoms. The maximum atomic E-state index is 12.5. The zero-order chi connectivity index (χ0) is 23.4. The molecule has 7 nitrogen and oxygen atoms in total. The molecule has 1 heterocycles. The molecule has 1 saturated carbocycles. The quantitative estimate of drug-likeness (QED) is 0.517. The van der Waals surface area contributed by atoms with E-state index >= 15 is 0 Å². The van der Waals surface area contributed by atoms with E-state index in [0.29, 0.717) is 17.6 Å². The van der Waals surface area contributed by atoms with Crippen LogP contribution in [0, 0.1) is 11.8 Å². The van der Waals surface area contributed by atoms with Crippen molar-refractivity contribution in [3.63, 3.8) is 0 Å². The number of carbonyl (C=O) groups is 2. The lowest BCUT2D eigenvalue weighted by Gasteiger charge is -2.37. The Morgan fingerprint density at radius 2 is 2.12 bits per heavy atom. The third-order valence-corrected chi connectivity index (χ3v) is 7.62. The molecule has 2 fully saturated rings. The molecule has 33 heavy (non-hydrogen) atoms. The Morgan fingerprint density at radius 3 is 2.88 bits per heavy atom. The number of unbranched alkanes of at least 4 members (excludes halogenated alkanes) is 2. The molecule has 1 aliphatic heterocycles. The Balaban J connectivity index is 1.50. The van der Waals surface area contributed by atoms with E-state index in [-0.39, 0.29) is 37.9 Å². The molecular formula is C26H37NO6. The molecule has 1 saturated heterocycles. The number of ether oxygens (including phenoxy) is 2. The molecule has 4 rings (SSSR count). The molecule has 2 amide bonds. The van der Waals surface area contributed by atoms with Crippen molar-refractivity contribution in [3.8, 4) is 5.75 Å². The second kappa shape index (κ2) is 10.9. The van der Waals surface area contributed by atoms with Crippen molar-refractivity contribution in [3.05, 3.63) is 29.3 Å². The van der Waals surface area contributed by atoms with Crippen LogP contribution < -0.4 is 4.74 Å². The van der Waals surface area contributed by atoms with Gasteiger partial charge in [-0.25, -0.2) is 9.69 Å². The van der Waals surface area contributed by atoms with Crippen molar-refractivity contribution < 1.29 is 29.3 Å². The monoisotopic (exact) mass is 459 g/mol. The number of imide groups is 1. The highest BCUT2D eigenvalue weighted by Gasteiger charge is 2.44. The average molecular weight is 460 g/mol. The number of hydrogen-bond acceptors (Lipinski definition) is 6. The summed E-state index contributed by atoms with van der Waals surface area (Å²) in [4.78, 5) is 25.3. The molecule has 2 N–H and O–H groups in total. The largest absolute Gasteiger partial charge is 0.483 e. The molecule has 5 unspecified atom stereocenters. The normalized spacial score (nSPS) is 27.1. The van der Waals surface area contributed by atoms with Crippen LogP contribution in [0.25, 0.3) is 0 Å². The van der Waals surface area contributed by atoms with Crippen LogP contribution in [0.5, 0.6) is 5.75 Å². The van der Waals surface area contributed by atoms with Gasteiger partial charge >= 0.3 is 6.09 Å². The van der Waals surface area contributed by atoms with E-state index in [1.807, 2.05) is 12.1 Å². The van der Waals surface area contributed by atoms with Crippen molar-refractivity contribution in [2.75, 3.05) is 19.8 Å². The number of carbonyl (C=O) groups excluding carboxylic acids is 2. The van der Waals surface area contributed by atoms with Crippen LogP contribution in [0.3, 0.4) is 0 Å². The first kappa shape index (κ1) is 24.0. The van der Waals surface area contributed by atoms with Crippen molar-refractivity contribution >= 4 is 12.0 Å². The lowest BCUT2D eigenvalue weighted by molar-refractivity contribution is -0.129. The fraction of sp³-hybridized carbons (Fsp3) is 0.692. The van der Waals surface area contributed by atoms with E-state index < -0.39 is 12.0 Å². The van der Waals surface area contributed by atoms with Crippen LogP contribution in [0.2, 0.25) is 0 Å². The van der Waals surface area contributed by atoms with E-state index in [1.165, 1.54) is 5.56 Å². The van der Waals surface area contributed by atoms with Gasteiger partial charge in [-0.2, -0.15) is 0 Å². The summed E-state index contributed by atoms with van der Waals surface area (Å²) in [6, 6.07) is 5.96. The standard InChI is InChI=1S/C26H37NO6/c1-2-3-4-7-19(28)9-10-21-22-15-20(29)14-18(22)13-17-6-5-8-23(25(17)21)33-16-24(30)27-11-12-32-26(27)31/h5-6,8,18-22,28-29H,2-4,7,9-16H2,1H3. The first-order valence-corrected chi connectivity index (χ1v) is 12.6. The Bertz CT molecular complexity index is 842. The molecule has 3 aliphatic rings. The van der Waals surface area contributed by atoms with Crippen LogP contribution in [0.1, 0.15) is 75.3 Å². The predicted octanol–water partition coefficient (Wildman–Crippen LogP) is 3.79. The van der Waals surface area contributed by atoms with Crippen molar-refractivity contribution in [1.29, 1.82) is 0 Å². The Kier molecular flexibility index (Phi) is 7.91. The molecule has 0 radical (unpaired) electrons. The zero-order valence-electron chi connectivity index (χ0n) is 19.6. The van der Waals surface area contributed by atoms with Gasteiger partial charge in [-0.1, -0.05) is 38.3 Å². The van der Waals surface area contributed by atoms with Gasteiger partial charge in [-0.15, -0.1) is 0 Å². The molecule has 0 aromatic heterocycles. The smallest absolute Gasteiger partial charge is 0.416 e. The van der Waals surface area contributed by atoms with Crippen LogP contribution in [0.15, 0.2) is 18.2 Å². The highest BCUT2D eigenvalue weighted by Crippen LogP contribution is 2.52. The molecular weight excluding hydrogens is 422 g/mol. The summed E-state index contributed by atoms with van der Waals surface area (Å²) in [6.07, 6.45) is 6.97. The topological polar surface area (TPSA) is 96.3 Å². The van der Waals surface area contributed by atoms with Crippen LogP contribution >= 0.6 is 0 Å². The average Bonchev–Trinajstić information content (AvgIpc) is 3.39. The fourth-order valence-corrected chi connectivity index (χ4v) is 6.01. The first-order chi connectivity index (χ1) is 16.0. The Morgan fingerprint density at radius 1 is 1.27 bits per heavy atom. The number of cyclic esters (lactones) is 1. The van der Waals surface area contributed by atoms with Crippen molar-refractivity contribution in [2.24, 2.45) is 11.8 Å². The number of amides is 2. The summed E-state index contributed by atoms with van der Waals surface area (Å²) >= 11 is 0. The maximum Gasteiger partial charge on any atom is 0.416 e. The number of nitrogens with zero attached hydrogens (tertiary/aromatic N) is 1. The highest BCUT2D eigenvalue weighted by molar-refractivity contribution is 5.93. The minimum absolute atomic E-state index is 0.180. The third kappa shape index (κ3) is 5.52. The van der Waals surface area contributed by atoms with E-state index in [1.54, 1.807) is 0 Å². The van der Waals surface area contributed by atoms with Crippen LogP contribution in [-0.4, -0.2) is 59.1 Å². The molecule has 7 heteroatoms. The summed E-state index contributed by atoms with van der Waals surface area (Å²) < 4.78 is 10.9. The summed E-state index contributed by atoms with van der Waals surface area (Å²) in [5, 5.41) is 21.0. The summed E-state index contributed by atoms with van der Waals surface area (Å²) in [7, 11) is 0. The number of aliphatic hydroxyl groups excluding tert-OH is 2. The Labute approximate surface area is 196 Å².